The number of hydrogen-bond donors (Lipinski definition) is 0. The lowest BCUT2D eigenvalue weighted by Gasteiger charge is -2.44. The Balaban J connectivity index is 1.32. The number of piperidine rings is 1. The van der Waals surface area contributed by atoms with E-state index in [9.17, 15) is 4.39 Å². The zero-order valence-electron chi connectivity index (χ0n) is 18.0. The molecule has 2 heterocycles. The van der Waals surface area contributed by atoms with E-state index in [4.69, 9.17) is 9.47 Å². The van der Waals surface area contributed by atoms with Crippen LogP contribution in [-0.2, 0) is 6.54 Å². The van der Waals surface area contributed by atoms with Crippen LogP contribution in [0.15, 0.2) is 42.5 Å². The second-order valence-electron chi connectivity index (χ2n) is 8.21. The van der Waals surface area contributed by atoms with Gasteiger partial charge < -0.3 is 14.4 Å². The first-order valence-electron chi connectivity index (χ1n) is 10.8. The molecular weight excluding hydrogens is 381 g/mol. The van der Waals surface area contributed by atoms with Crippen molar-refractivity contribution in [2.45, 2.75) is 25.4 Å². The Morgan fingerprint density at radius 3 is 2.30 bits per heavy atom. The molecule has 5 nitrogen and oxygen atoms in total. The molecule has 6 heteroatoms. The summed E-state index contributed by atoms with van der Waals surface area (Å²) >= 11 is 0. The van der Waals surface area contributed by atoms with Crippen LogP contribution >= 0.6 is 0 Å². The van der Waals surface area contributed by atoms with Crippen molar-refractivity contribution in [3.05, 3.63) is 53.8 Å². The predicted molar refractivity (Wildman–Crippen MR) is 118 cm³/mol. The Morgan fingerprint density at radius 1 is 0.900 bits per heavy atom. The van der Waals surface area contributed by atoms with E-state index < -0.39 is 0 Å². The fourth-order valence-corrected chi connectivity index (χ4v) is 4.65. The molecule has 2 saturated heterocycles. The Labute approximate surface area is 179 Å². The van der Waals surface area contributed by atoms with Crippen LogP contribution < -0.4 is 14.4 Å². The first kappa shape index (κ1) is 20.9. The molecule has 0 bridgehead atoms. The van der Waals surface area contributed by atoms with Gasteiger partial charge in [0.25, 0.3) is 0 Å². The number of nitrogens with zero attached hydrogens (tertiary/aromatic N) is 3. The molecule has 1 atom stereocenters. The van der Waals surface area contributed by atoms with Crippen LogP contribution in [-0.4, -0.2) is 69.3 Å². The van der Waals surface area contributed by atoms with E-state index >= 15 is 0 Å². The molecule has 2 aromatic carbocycles. The predicted octanol–water partition coefficient (Wildman–Crippen LogP) is 3.63. The maximum atomic E-state index is 14.3. The van der Waals surface area contributed by atoms with Gasteiger partial charge in [0.2, 0.25) is 0 Å². The van der Waals surface area contributed by atoms with Crippen LogP contribution in [0.3, 0.4) is 0 Å². The van der Waals surface area contributed by atoms with E-state index in [0.29, 0.717) is 12.6 Å². The minimum Gasteiger partial charge on any atom is -0.497 e. The Morgan fingerprint density at radius 2 is 1.60 bits per heavy atom. The largest absolute Gasteiger partial charge is 0.497 e. The molecule has 0 spiro atoms. The smallest absolute Gasteiger partial charge is 0.127 e. The van der Waals surface area contributed by atoms with Crippen molar-refractivity contribution in [3.63, 3.8) is 0 Å². The topological polar surface area (TPSA) is 28.2 Å². The summed E-state index contributed by atoms with van der Waals surface area (Å²) in [6.07, 6.45) is 2.38. The minimum absolute atomic E-state index is 0.147. The van der Waals surface area contributed by atoms with Gasteiger partial charge >= 0.3 is 0 Å². The van der Waals surface area contributed by atoms with Gasteiger partial charge in [0.1, 0.15) is 17.3 Å². The van der Waals surface area contributed by atoms with Gasteiger partial charge in [-0.2, -0.15) is 0 Å². The number of ether oxygens (including phenoxy) is 2. The Kier molecular flexibility index (Phi) is 6.75. The molecular formula is C24H32FN3O2. The summed E-state index contributed by atoms with van der Waals surface area (Å²) in [7, 11) is 3.32. The lowest BCUT2D eigenvalue weighted by molar-refractivity contribution is 0.0881. The molecule has 0 aliphatic carbocycles. The average Bonchev–Trinajstić information content (AvgIpc) is 2.81. The zero-order chi connectivity index (χ0) is 20.9. The van der Waals surface area contributed by atoms with E-state index in [1.165, 1.54) is 18.2 Å². The van der Waals surface area contributed by atoms with Gasteiger partial charge in [-0.15, -0.1) is 0 Å². The van der Waals surface area contributed by atoms with Crippen LogP contribution in [0, 0.1) is 5.82 Å². The number of benzene rings is 2. The molecule has 0 aromatic heterocycles. The molecule has 0 saturated carbocycles. The SMILES string of the molecule is COc1ccc(N2CCN([C@@H]3CCCN(Cc4cc(OC)ccc4F)C3)CC2)cc1. The highest BCUT2D eigenvalue weighted by molar-refractivity contribution is 5.49. The lowest BCUT2D eigenvalue weighted by atomic mass is 10.0. The summed E-state index contributed by atoms with van der Waals surface area (Å²) < 4.78 is 24.8. The highest BCUT2D eigenvalue weighted by Gasteiger charge is 2.28. The van der Waals surface area contributed by atoms with Crippen LogP contribution in [0.2, 0.25) is 0 Å². The van der Waals surface area contributed by atoms with Gasteiger partial charge in [-0.05, 0) is 61.9 Å². The zero-order valence-corrected chi connectivity index (χ0v) is 18.0. The Hall–Kier alpha value is -2.31. The van der Waals surface area contributed by atoms with Crippen molar-refractivity contribution < 1.29 is 13.9 Å². The van der Waals surface area contributed by atoms with E-state index in [-0.39, 0.29) is 5.82 Å². The van der Waals surface area contributed by atoms with Gasteiger partial charge in [-0.3, -0.25) is 9.80 Å². The normalized spacial score (nSPS) is 20.9. The van der Waals surface area contributed by atoms with Crippen molar-refractivity contribution in [1.29, 1.82) is 0 Å². The first-order chi connectivity index (χ1) is 14.7. The molecule has 2 aliphatic rings. The van der Waals surface area contributed by atoms with Crippen molar-refractivity contribution in [2.24, 2.45) is 0 Å². The molecule has 30 heavy (non-hydrogen) atoms. The van der Waals surface area contributed by atoms with Crippen molar-refractivity contribution in [1.82, 2.24) is 9.80 Å². The van der Waals surface area contributed by atoms with Gasteiger partial charge in [-0.25, -0.2) is 4.39 Å². The van der Waals surface area contributed by atoms with Crippen molar-refractivity contribution >= 4 is 5.69 Å². The van der Waals surface area contributed by atoms with Gasteiger partial charge in [-0.1, -0.05) is 0 Å². The third-order valence-electron chi connectivity index (χ3n) is 6.40. The van der Waals surface area contributed by atoms with Gasteiger partial charge in [0.15, 0.2) is 0 Å². The standard InChI is InChI=1S/C24H32FN3O2/c1-29-22-7-5-20(6-8-22)27-12-14-28(15-13-27)21-4-3-11-26(18-21)17-19-16-23(30-2)9-10-24(19)25/h5-10,16,21H,3-4,11-15,17-18H2,1-2H3/t21-/m1/s1. The van der Waals surface area contributed by atoms with Crippen LogP contribution in [0.1, 0.15) is 18.4 Å². The Bertz CT molecular complexity index is 822. The summed E-state index contributed by atoms with van der Waals surface area (Å²) in [5, 5.41) is 0. The lowest BCUT2D eigenvalue weighted by Crippen LogP contribution is -2.55. The molecule has 162 valence electrons. The average molecular weight is 414 g/mol. The maximum Gasteiger partial charge on any atom is 0.127 e. The fourth-order valence-electron chi connectivity index (χ4n) is 4.65. The van der Waals surface area contributed by atoms with E-state index in [2.05, 4.69) is 26.8 Å². The number of likely N-dealkylation sites (tertiary alicyclic amines) is 1. The number of rotatable bonds is 6. The van der Waals surface area contributed by atoms with Crippen molar-refractivity contribution in [3.8, 4) is 11.5 Å². The summed E-state index contributed by atoms with van der Waals surface area (Å²) in [5.41, 5.74) is 1.98. The van der Waals surface area contributed by atoms with Gasteiger partial charge in [0.05, 0.1) is 14.2 Å². The van der Waals surface area contributed by atoms with E-state index in [1.54, 1.807) is 20.3 Å². The molecule has 0 unspecified atom stereocenters. The van der Waals surface area contributed by atoms with Crippen LogP contribution in [0.25, 0.3) is 0 Å². The number of halogens is 1. The summed E-state index contributed by atoms with van der Waals surface area (Å²) in [6, 6.07) is 13.9. The first-order valence-corrected chi connectivity index (χ1v) is 10.8. The number of anilines is 1. The third-order valence-corrected chi connectivity index (χ3v) is 6.40. The number of piperazine rings is 1. The second-order valence-corrected chi connectivity index (χ2v) is 8.21. The highest BCUT2D eigenvalue weighted by Crippen LogP contribution is 2.25. The second kappa shape index (κ2) is 9.67. The molecule has 0 N–H and O–H groups in total. The molecule has 2 aromatic rings. The van der Waals surface area contributed by atoms with E-state index in [0.717, 1.165) is 62.8 Å². The molecule has 0 amide bonds. The number of methoxy groups -OCH3 is 2. The summed E-state index contributed by atoms with van der Waals surface area (Å²) in [4.78, 5) is 7.46. The van der Waals surface area contributed by atoms with Crippen molar-refractivity contribution in [2.75, 3.05) is 58.4 Å². The molecule has 4 rings (SSSR count). The summed E-state index contributed by atoms with van der Waals surface area (Å²) in [5.74, 6) is 1.47. The van der Waals surface area contributed by atoms with Gasteiger partial charge in [0, 0.05) is 56.6 Å². The third kappa shape index (κ3) is 4.87. The fraction of sp³-hybridized carbons (Fsp3) is 0.500. The van der Waals surface area contributed by atoms with Crippen LogP contribution in [0.4, 0.5) is 10.1 Å². The monoisotopic (exact) mass is 413 g/mol. The van der Waals surface area contributed by atoms with E-state index in [1.807, 2.05) is 18.2 Å². The maximum absolute atomic E-state index is 14.3. The molecule has 2 fully saturated rings. The quantitative estimate of drug-likeness (QED) is 0.721. The minimum atomic E-state index is -0.147. The molecule has 2 aliphatic heterocycles. The molecule has 0 radical (unpaired) electrons. The number of hydrogen-bond acceptors (Lipinski definition) is 5. The highest BCUT2D eigenvalue weighted by atomic mass is 19.1. The van der Waals surface area contributed by atoms with Crippen LogP contribution in [0.5, 0.6) is 11.5 Å². The summed E-state index contributed by atoms with van der Waals surface area (Å²) in [6.45, 7) is 6.88.